The van der Waals surface area contributed by atoms with Crippen LogP contribution in [0.25, 0.3) is 0 Å². The predicted molar refractivity (Wildman–Crippen MR) is 66.2 cm³/mol. The van der Waals surface area contributed by atoms with Crippen LogP contribution >= 0.6 is 0 Å². The molecule has 0 fully saturated rings. The van der Waals surface area contributed by atoms with Gasteiger partial charge in [-0.05, 0) is 42.5 Å². The first-order valence-corrected chi connectivity index (χ1v) is 5.95. The Morgan fingerprint density at radius 2 is 2.18 bits per heavy atom. The molecule has 0 radical (unpaired) electrons. The minimum absolute atomic E-state index is 0.353. The smallest absolute Gasteiger partial charge is 0.410 e. The summed E-state index contributed by atoms with van der Waals surface area (Å²) >= 11 is 0. The Bertz CT molecular complexity index is 418. The van der Waals surface area contributed by atoms with Crippen LogP contribution in [0.2, 0.25) is 0 Å². The molecular formula is C13H18N2O2. The maximum Gasteiger partial charge on any atom is 0.415 e. The van der Waals surface area contributed by atoms with Crippen molar-refractivity contribution in [1.82, 2.24) is 4.90 Å². The Morgan fingerprint density at radius 3 is 2.94 bits per heavy atom. The van der Waals surface area contributed by atoms with Gasteiger partial charge in [-0.2, -0.15) is 0 Å². The Labute approximate surface area is 101 Å². The van der Waals surface area contributed by atoms with Crippen LogP contribution in [0.5, 0.6) is 5.75 Å². The Morgan fingerprint density at radius 1 is 1.41 bits per heavy atom. The van der Waals surface area contributed by atoms with E-state index in [-0.39, 0.29) is 6.09 Å². The van der Waals surface area contributed by atoms with E-state index in [2.05, 4.69) is 0 Å². The van der Waals surface area contributed by atoms with Crippen molar-refractivity contribution in [3.63, 3.8) is 0 Å². The van der Waals surface area contributed by atoms with E-state index >= 15 is 0 Å². The van der Waals surface area contributed by atoms with Crippen LogP contribution < -0.4 is 10.5 Å². The molecule has 1 aromatic carbocycles. The molecule has 0 aromatic heterocycles. The minimum atomic E-state index is -0.353. The highest BCUT2D eigenvalue weighted by molar-refractivity contribution is 5.70. The molecule has 0 unspecified atom stereocenters. The number of aryl methyl sites for hydroxylation is 2. The predicted octanol–water partition coefficient (Wildman–Crippen LogP) is 1.56. The maximum atomic E-state index is 11.7. The lowest BCUT2D eigenvalue weighted by molar-refractivity contribution is 0.164. The van der Waals surface area contributed by atoms with E-state index in [1.807, 2.05) is 18.2 Å². The number of likely N-dealkylation sites (N-methyl/N-ethyl adjacent to an activating group) is 1. The quantitative estimate of drug-likeness (QED) is 0.863. The molecule has 0 saturated carbocycles. The first-order valence-electron chi connectivity index (χ1n) is 5.95. The van der Waals surface area contributed by atoms with Gasteiger partial charge in [0.05, 0.1) is 0 Å². The van der Waals surface area contributed by atoms with Gasteiger partial charge in [-0.3, -0.25) is 0 Å². The number of carbonyl (C=O) groups is 1. The molecule has 17 heavy (non-hydrogen) atoms. The van der Waals surface area contributed by atoms with Crippen LogP contribution in [-0.4, -0.2) is 31.1 Å². The van der Waals surface area contributed by atoms with Crippen molar-refractivity contribution < 1.29 is 9.53 Å². The molecule has 0 bridgehead atoms. The highest BCUT2D eigenvalue weighted by Crippen LogP contribution is 2.26. The Kier molecular flexibility index (Phi) is 3.64. The lowest BCUT2D eigenvalue weighted by atomic mass is 10.1. The lowest BCUT2D eigenvalue weighted by Gasteiger charge is -2.15. The number of fused-ring (bicyclic) bond motifs is 1. The van der Waals surface area contributed by atoms with E-state index in [1.165, 1.54) is 22.4 Å². The molecule has 1 amide bonds. The fourth-order valence-electron chi connectivity index (χ4n) is 2.08. The van der Waals surface area contributed by atoms with E-state index in [4.69, 9.17) is 10.5 Å². The molecule has 0 aliphatic heterocycles. The third kappa shape index (κ3) is 2.77. The van der Waals surface area contributed by atoms with Crippen molar-refractivity contribution in [2.24, 2.45) is 5.73 Å². The van der Waals surface area contributed by atoms with Crippen LogP contribution in [0, 0.1) is 0 Å². The number of ether oxygens (including phenoxy) is 1. The van der Waals surface area contributed by atoms with Gasteiger partial charge in [0.25, 0.3) is 0 Å². The van der Waals surface area contributed by atoms with Crippen molar-refractivity contribution in [2.75, 3.05) is 20.1 Å². The third-order valence-corrected chi connectivity index (χ3v) is 3.05. The zero-order valence-corrected chi connectivity index (χ0v) is 10.1. The third-order valence-electron chi connectivity index (χ3n) is 3.05. The van der Waals surface area contributed by atoms with Crippen molar-refractivity contribution in [3.05, 3.63) is 29.3 Å². The molecule has 4 nitrogen and oxygen atoms in total. The standard InChI is InChI=1S/C13H18N2O2/c1-15(8-7-14)13(16)17-12-6-5-10-3-2-4-11(10)9-12/h5-6,9H,2-4,7-8,14H2,1H3. The van der Waals surface area contributed by atoms with Crippen molar-refractivity contribution in [3.8, 4) is 5.75 Å². The zero-order chi connectivity index (χ0) is 12.3. The topological polar surface area (TPSA) is 55.6 Å². The fourth-order valence-corrected chi connectivity index (χ4v) is 2.08. The number of amides is 1. The minimum Gasteiger partial charge on any atom is -0.410 e. The molecule has 92 valence electrons. The van der Waals surface area contributed by atoms with E-state index in [1.54, 1.807) is 7.05 Å². The van der Waals surface area contributed by atoms with Crippen molar-refractivity contribution in [1.29, 1.82) is 0 Å². The number of benzene rings is 1. The summed E-state index contributed by atoms with van der Waals surface area (Å²) in [6.07, 6.45) is 3.06. The second-order valence-corrected chi connectivity index (χ2v) is 4.36. The van der Waals surface area contributed by atoms with E-state index in [0.29, 0.717) is 18.8 Å². The van der Waals surface area contributed by atoms with Crippen molar-refractivity contribution >= 4 is 6.09 Å². The summed E-state index contributed by atoms with van der Waals surface area (Å²) in [6.45, 7) is 0.944. The van der Waals surface area contributed by atoms with Gasteiger partial charge in [0, 0.05) is 20.1 Å². The van der Waals surface area contributed by atoms with Gasteiger partial charge in [-0.25, -0.2) is 4.79 Å². The first kappa shape index (κ1) is 11.9. The molecule has 1 aliphatic rings. The summed E-state index contributed by atoms with van der Waals surface area (Å²) < 4.78 is 5.29. The van der Waals surface area contributed by atoms with E-state index in [9.17, 15) is 4.79 Å². The number of hydrogen-bond acceptors (Lipinski definition) is 3. The Balaban J connectivity index is 2.01. The Hall–Kier alpha value is -1.55. The molecule has 0 heterocycles. The summed E-state index contributed by atoms with van der Waals surface area (Å²) in [5, 5.41) is 0. The van der Waals surface area contributed by atoms with Gasteiger partial charge in [0.1, 0.15) is 5.75 Å². The molecular weight excluding hydrogens is 216 g/mol. The second kappa shape index (κ2) is 5.19. The number of carbonyl (C=O) groups excluding carboxylic acids is 1. The molecule has 0 atom stereocenters. The fraction of sp³-hybridized carbons (Fsp3) is 0.462. The normalized spacial score (nSPS) is 13.3. The van der Waals surface area contributed by atoms with Gasteiger partial charge in [-0.1, -0.05) is 6.07 Å². The largest absolute Gasteiger partial charge is 0.415 e. The first-order chi connectivity index (χ1) is 8.20. The molecule has 0 spiro atoms. The summed E-state index contributed by atoms with van der Waals surface area (Å²) in [5.74, 6) is 0.625. The summed E-state index contributed by atoms with van der Waals surface area (Å²) in [4.78, 5) is 13.1. The molecule has 4 heteroatoms. The molecule has 1 aliphatic carbocycles. The number of rotatable bonds is 3. The second-order valence-electron chi connectivity index (χ2n) is 4.36. The SMILES string of the molecule is CN(CCN)C(=O)Oc1ccc2c(c1)CCC2. The van der Waals surface area contributed by atoms with Crippen molar-refractivity contribution in [2.45, 2.75) is 19.3 Å². The number of nitrogens with zero attached hydrogens (tertiary/aromatic N) is 1. The van der Waals surface area contributed by atoms with Crippen LogP contribution in [0.3, 0.4) is 0 Å². The van der Waals surface area contributed by atoms with Gasteiger partial charge < -0.3 is 15.4 Å². The van der Waals surface area contributed by atoms with Crippen LogP contribution in [0.4, 0.5) is 4.79 Å². The van der Waals surface area contributed by atoms with E-state index in [0.717, 1.165) is 12.8 Å². The lowest BCUT2D eigenvalue weighted by Crippen LogP contribution is -2.33. The maximum absolute atomic E-state index is 11.7. The van der Waals surface area contributed by atoms with Crippen LogP contribution in [0.15, 0.2) is 18.2 Å². The zero-order valence-electron chi connectivity index (χ0n) is 10.1. The summed E-state index contributed by atoms with van der Waals surface area (Å²) in [5.41, 5.74) is 8.06. The van der Waals surface area contributed by atoms with E-state index < -0.39 is 0 Å². The molecule has 2 N–H and O–H groups in total. The number of hydrogen-bond donors (Lipinski definition) is 1. The van der Waals surface area contributed by atoms with Gasteiger partial charge in [-0.15, -0.1) is 0 Å². The summed E-state index contributed by atoms with van der Waals surface area (Å²) in [6, 6.07) is 5.88. The molecule has 0 saturated heterocycles. The molecule has 2 rings (SSSR count). The van der Waals surface area contributed by atoms with Gasteiger partial charge in [0.2, 0.25) is 0 Å². The average Bonchev–Trinajstić information content (AvgIpc) is 2.76. The summed E-state index contributed by atoms with van der Waals surface area (Å²) in [7, 11) is 1.68. The average molecular weight is 234 g/mol. The molecule has 1 aromatic rings. The van der Waals surface area contributed by atoms with Crippen LogP contribution in [0.1, 0.15) is 17.5 Å². The van der Waals surface area contributed by atoms with Crippen LogP contribution in [-0.2, 0) is 12.8 Å². The highest BCUT2D eigenvalue weighted by Gasteiger charge is 2.14. The number of nitrogens with two attached hydrogens (primary N) is 1. The highest BCUT2D eigenvalue weighted by atomic mass is 16.6. The van der Waals surface area contributed by atoms with Gasteiger partial charge in [0.15, 0.2) is 0 Å². The van der Waals surface area contributed by atoms with Gasteiger partial charge >= 0.3 is 6.09 Å². The monoisotopic (exact) mass is 234 g/mol.